The van der Waals surface area contributed by atoms with Gasteiger partial charge >= 0.3 is 12.3 Å². The minimum absolute atomic E-state index is 0.0687. The smallest absolute Gasteiger partial charge is 0.435 e. The van der Waals surface area contributed by atoms with Crippen LogP contribution < -0.4 is 4.90 Å². The fourth-order valence-corrected chi connectivity index (χ4v) is 2.31. The molecule has 0 unspecified atom stereocenters. The number of anilines is 1. The average Bonchev–Trinajstić information content (AvgIpc) is 2.60. The number of alkyl halides is 3. The van der Waals surface area contributed by atoms with E-state index in [-0.39, 0.29) is 17.8 Å². The van der Waals surface area contributed by atoms with Crippen molar-refractivity contribution in [2.24, 2.45) is 0 Å². The van der Waals surface area contributed by atoms with E-state index in [0.29, 0.717) is 0 Å². The van der Waals surface area contributed by atoms with E-state index in [4.69, 9.17) is 4.74 Å². The van der Waals surface area contributed by atoms with Crippen LogP contribution in [0.25, 0.3) is 11.3 Å². The van der Waals surface area contributed by atoms with Gasteiger partial charge in [0.25, 0.3) is 0 Å². The van der Waals surface area contributed by atoms with Crippen molar-refractivity contribution in [2.45, 2.75) is 39.5 Å². The Balaban J connectivity index is 2.60. The summed E-state index contributed by atoms with van der Waals surface area (Å²) in [4.78, 5) is 20.5. The minimum atomic E-state index is -4.88. The standard InChI is InChI=1S/C20H19F4N3O2/c1-5-6-9-27(18(28)29-19(2,3)4)16-8-7-15(26-17(16)20(22,23)24)13-10-14(21)12-25-11-13/h7-8,10-12H,9H2,1-4H3. The van der Waals surface area contributed by atoms with Crippen LogP contribution in [0.15, 0.2) is 30.6 Å². The third-order valence-electron chi connectivity index (χ3n) is 3.46. The van der Waals surface area contributed by atoms with Crippen LogP contribution in [0.1, 0.15) is 33.4 Å². The van der Waals surface area contributed by atoms with E-state index in [2.05, 4.69) is 21.8 Å². The Bertz CT molecular complexity index is 957. The number of carbonyl (C=O) groups excluding carboxylic acids is 1. The topological polar surface area (TPSA) is 55.3 Å². The molecule has 0 spiro atoms. The number of aromatic nitrogens is 2. The van der Waals surface area contributed by atoms with Gasteiger partial charge < -0.3 is 4.74 Å². The van der Waals surface area contributed by atoms with Gasteiger partial charge in [-0.2, -0.15) is 13.2 Å². The van der Waals surface area contributed by atoms with Crippen LogP contribution in [0.5, 0.6) is 0 Å². The molecule has 0 aliphatic carbocycles. The molecule has 0 saturated heterocycles. The Morgan fingerprint density at radius 3 is 2.45 bits per heavy atom. The molecule has 0 saturated carbocycles. The van der Waals surface area contributed by atoms with Gasteiger partial charge in [0.2, 0.25) is 0 Å². The molecule has 0 atom stereocenters. The summed E-state index contributed by atoms with van der Waals surface area (Å²) in [6.45, 7) is 5.96. The third kappa shape index (κ3) is 5.91. The largest absolute Gasteiger partial charge is 0.443 e. The molecular formula is C20H19F4N3O2. The first-order valence-electron chi connectivity index (χ1n) is 8.51. The first-order valence-corrected chi connectivity index (χ1v) is 8.51. The van der Waals surface area contributed by atoms with Crippen molar-refractivity contribution in [1.82, 2.24) is 9.97 Å². The van der Waals surface area contributed by atoms with Crippen molar-refractivity contribution in [3.8, 4) is 23.1 Å². The van der Waals surface area contributed by atoms with Gasteiger partial charge in [-0.25, -0.2) is 14.2 Å². The number of hydrogen-bond donors (Lipinski definition) is 0. The molecule has 9 heteroatoms. The monoisotopic (exact) mass is 409 g/mol. The second-order valence-corrected chi connectivity index (χ2v) is 6.95. The molecule has 154 valence electrons. The van der Waals surface area contributed by atoms with E-state index in [0.717, 1.165) is 23.2 Å². The molecule has 2 rings (SSSR count). The lowest BCUT2D eigenvalue weighted by atomic mass is 10.1. The van der Waals surface area contributed by atoms with Crippen molar-refractivity contribution in [3.05, 3.63) is 42.1 Å². The summed E-state index contributed by atoms with van der Waals surface area (Å²) in [6, 6.07) is 3.35. The summed E-state index contributed by atoms with van der Waals surface area (Å²) >= 11 is 0. The molecule has 2 aromatic rings. The lowest BCUT2D eigenvalue weighted by Gasteiger charge is -2.27. The Morgan fingerprint density at radius 1 is 1.21 bits per heavy atom. The van der Waals surface area contributed by atoms with Crippen molar-refractivity contribution >= 4 is 11.8 Å². The molecular weight excluding hydrogens is 390 g/mol. The number of hydrogen-bond acceptors (Lipinski definition) is 4. The molecule has 0 N–H and O–H groups in total. The number of pyridine rings is 2. The van der Waals surface area contributed by atoms with Gasteiger partial charge in [0.1, 0.15) is 11.4 Å². The van der Waals surface area contributed by atoms with E-state index in [1.165, 1.54) is 19.2 Å². The minimum Gasteiger partial charge on any atom is -0.443 e. The Hall–Kier alpha value is -3.15. The highest BCUT2D eigenvalue weighted by Crippen LogP contribution is 2.37. The molecule has 5 nitrogen and oxygen atoms in total. The number of ether oxygens (including phenoxy) is 1. The fourth-order valence-electron chi connectivity index (χ4n) is 2.31. The predicted octanol–water partition coefficient (Wildman–Crippen LogP) is 5.07. The van der Waals surface area contributed by atoms with Gasteiger partial charge in [-0.3, -0.25) is 9.88 Å². The predicted molar refractivity (Wildman–Crippen MR) is 99.5 cm³/mol. The molecule has 2 aromatic heterocycles. The number of halogens is 4. The van der Waals surface area contributed by atoms with Crippen LogP contribution in [-0.4, -0.2) is 28.2 Å². The van der Waals surface area contributed by atoms with Crippen LogP contribution in [-0.2, 0) is 10.9 Å². The molecule has 0 aromatic carbocycles. The second-order valence-electron chi connectivity index (χ2n) is 6.95. The van der Waals surface area contributed by atoms with Gasteiger partial charge in [0.05, 0.1) is 24.1 Å². The van der Waals surface area contributed by atoms with Crippen LogP contribution in [0, 0.1) is 17.7 Å². The third-order valence-corrected chi connectivity index (χ3v) is 3.46. The zero-order valence-electron chi connectivity index (χ0n) is 16.3. The number of nitrogens with zero attached hydrogens (tertiary/aromatic N) is 3. The molecule has 2 heterocycles. The molecule has 1 amide bonds. The van der Waals surface area contributed by atoms with Crippen molar-refractivity contribution < 1.29 is 27.1 Å². The SMILES string of the molecule is CC#CCN(C(=O)OC(C)(C)C)c1ccc(-c2cncc(F)c2)nc1C(F)(F)F. The van der Waals surface area contributed by atoms with Crippen LogP contribution in [0.2, 0.25) is 0 Å². The molecule has 29 heavy (non-hydrogen) atoms. The highest BCUT2D eigenvalue weighted by Gasteiger charge is 2.39. The summed E-state index contributed by atoms with van der Waals surface area (Å²) in [5.41, 5.74) is -2.82. The van der Waals surface area contributed by atoms with Gasteiger partial charge in [-0.15, -0.1) is 5.92 Å². The Morgan fingerprint density at radius 2 is 1.90 bits per heavy atom. The highest BCUT2D eigenvalue weighted by molar-refractivity contribution is 5.89. The number of amides is 1. The zero-order valence-corrected chi connectivity index (χ0v) is 16.3. The molecule has 0 radical (unpaired) electrons. The molecule has 0 fully saturated rings. The highest BCUT2D eigenvalue weighted by atomic mass is 19.4. The second kappa shape index (κ2) is 8.47. The van der Waals surface area contributed by atoms with Gasteiger partial charge in [0.15, 0.2) is 5.69 Å². The maximum Gasteiger partial charge on any atom is 0.435 e. The van der Waals surface area contributed by atoms with Gasteiger partial charge in [0, 0.05) is 11.8 Å². The lowest BCUT2D eigenvalue weighted by molar-refractivity contribution is -0.140. The zero-order chi connectivity index (χ0) is 21.8. The van der Waals surface area contributed by atoms with E-state index in [9.17, 15) is 22.4 Å². The van der Waals surface area contributed by atoms with Crippen LogP contribution in [0.4, 0.5) is 28.0 Å². The summed E-state index contributed by atoms with van der Waals surface area (Å²) < 4.78 is 59.8. The van der Waals surface area contributed by atoms with Gasteiger partial charge in [-0.1, -0.05) is 5.92 Å². The van der Waals surface area contributed by atoms with E-state index in [1.54, 1.807) is 20.8 Å². The normalized spacial score (nSPS) is 11.4. The van der Waals surface area contributed by atoms with E-state index >= 15 is 0 Å². The first-order chi connectivity index (χ1) is 13.4. The quantitative estimate of drug-likeness (QED) is 0.525. The fraction of sp³-hybridized carbons (Fsp3) is 0.350. The molecule has 0 aliphatic heterocycles. The Labute approximate surface area is 165 Å². The van der Waals surface area contributed by atoms with Crippen LogP contribution in [0.3, 0.4) is 0 Å². The number of carbonyl (C=O) groups is 1. The van der Waals surface area contributed by atoms with Crippen molar-refractivity contribution in [1.29, 1.82) is 0 Å². The van der Waals surface area contributed by atoms with Gasteiger partial charge in [-0.05, 0) is 45.9 Å². The van der Waals surface area contributed by atoms with Crippen molar-refractivity contribution in [3.63, 3.8) is 0 Å². The summed E-state index contributed by atoms with van der Waals surface area (Å²) in [7, 11) is 0. The van der Waals surface area contributed by atoms with E-state index < -0.39 is 35.1 Å². The van der Waals surface area contributed by atoms with Crippen molar-refractivity contribution in [2.75, 3.05) is 11.4 Å². The lowest BCUT2D eigenvalue weighted by Crippen LogP contribution is -2.38. The van der Waals surface area contributed by atoms with E-state index in [1.807, 2.05) is 0 Å². The molecule has 0 aliphatic rings. The summed E-state index contributed by atoms with van der Waals surface area (Å²) in [6.07, 6.45) is -3.76. The maximum absolute atomic E-state index is 13.7. The number of rotatable bonds is 3. The first kappa shape index (κ1) is 22.1. The summed E-state index contributed by atoms with van der Waals surface area (Å²) in [5.74, 6) is 4.39. The molecule has 0 bridgehead atoms. The van der Waals surface area contributed by atoms with Crippen LogP contribution >= 0.6 is 0 Å². The summed E-state index contributed by atoms with van der Waals surface area (Å²) in [5, 5.41) is 0. The average molecular weight is 409 g/mol. The Kier molecular flexibility index (Phi) is 6.47. The maximum atomic E-state index is 13.7.